The minimum Gasteiger partial charge on any atom is -0.494 e. The van der Waals surface area contributed by atoms with E-state index < -0.39 is 4.92 Å². The number of carbonyl (C=O) groups is 1. The first-order chi connectivity index (χ1) is 9.03. The molecule has 0 heterocycles. The van der Waals surface area contributed by atoms with Crippen molar-refractivity contribution in [2.45, 2.75) is 13.8 Å². The van der Waals surface area contributed by atoms with Crippen molar-refractivity contribution in [2.24, 2.45) is 0 Å². The first-order valence-electron chi connectivity index (χ1n) is 5.91. The van der Waals surface area contributed by atoms with Crippen LogP contribution in [0.25, 0.3) is 0 Å². The molecule has 0 bridgehead atoms. The van der Waals surface area contributed by atoms with Gasteiger partial charge >= 0.3 is 6.03 Å². The Labute approximate surface area is 111 Å². The third-order valence-electron chi connectivity index (χ3n) is 2.69. The van der Waals surface area contributed by atoms with Gasteiger partial charge in [0.25, 0.3) is 5.69 Å². The number of nitro benzene ring substituents is 1. The van der Waals surface area contributed by atoms with Gasteiger partial charge in [0.2, 0.25) is 0 Å². The van der Waals surface area contributed by atoms with Crippen molar-refractivity contribution in [3.63, 3.8) is 0 Å². The number of nitrogens with one attached hydrogen (secondary N) is 1. The number of rotatable bonds is 5. The van der Waals surface area contributed by atoms with Crippen LogP contribution in [0.5, 0.6) is 5.75 Å². The summed E-state index contributed by atoms with van der Waals surface area (Å²) in [6.07, 6.45) is 0. The lowest BCUT2D eigenvalue weighted by Crippen LogP contribution is -2.34. The number of methoxy groups -OCH3 is 1. The van der Waals surface area contributed by atoms with Crippen molar-refractivity contribution in [2.75, 3.05) is 25.5 Å². The molecule has 1 N–H and O–H groups in total. The Morgan fingerprint density at radius 3 is 2.53 bits per heavy atom. The summed E-state index contributed by atoms with van der Waals surface area (Å²) in [5.41, 5.74) is 0.322. The van der Waals surface area contributed by atoms with Crippen LogP contribution in [0.2, 0.25) is 0 Å². The predicted molar refractivity (Wildman–Crippen MR) is 71.6 cm³/mol. The van der Waals surface area contributed by atoms with Crippen molar-refractivity contribution in [3.05, 3.63) is 28.3 Å². The number of nitro groups is 1. The van der Waals surface area contributed by atoms with Gasteiger partial charge in [0, 0.05) is 19.2 Å². The number of nitrogens with zero attached hydrogens (tertiary/aromatic N) is 2. The molecular weight excluding hydrogens is 250 g/mol. The maximum atomic E-state index is 11.9. The van der Waals surface area contributed by atoms with Gasteiger partial charge in [0.15, 0.2) is 0 Å². The van der Waals surface area contributed by atoms with E-state index in [1.54, 1.807) is 4.90 Å². The highest BCUT2D eigenvalue weighted by molar-refractivity contribution is 5.91. The van der Waals surface area contributed by atoms with Gasteiger partial charge in [0.05, 0.1) is 23.8 Å². The summed E-state index contributed by atoms with van der Waals surface area (Å²) in [5, 5.41) is 13.3. The lowest BCUT2D eigenvalue weighted by Gasteiger charge is -2.20. The summed E-state index contributed by atoms with van der Waals surface area (Å²) in [6, 6.07) is 3.79. The van der Waals surface area contributed by atoms with Crippen molar-refractivity contribution in [3.8, 4) is 5.75 Å². The zero-order valence-corrected chi connectivity index (χ0v) is 11.2. The molecule has 7 nitrogen and oxygen atoms in total. The van der Waals surface area contributed by atoms with E-state index in [-0.39, 0.29) is 17.5 Å². The monoisotopic (exact) mass is 267 g/mol. The number of hydrogen-bond donors (Lipinski definition) is 1. The van der Waals surface area contributed by atoms with Gasteiger partial charge in [-0.2, -0.15) is 0 Å². The lowest BCUT2D eigenvalue weighted by atomic mass is 10.2. The maximum absolute atomic E-state index is 11.9. The number of urea groups is 1. The first kappa shape index (κ1) is 14.7. The quantitative estimate of drug-likeness (QED) is 0.656. The molecule has 0 atom stereocenters. The third-order valence-corrected chi connectivity index (χ3v) is 2.69. The van der Waals surface area contributed by atoms with Gasteiger partial charge in [-0.05, 0) is 19.9 Å². The highest BCUT2D eigenvalue weighted by atomic mass is 16.6. The Hall–Kier alpha value is -2.31. The molecule has 7 heteroatoms. The molecule has 0 spiro atoms. The van der Waals surface area contributed by atoms with E-state index in [1.165, 1.54) is 25.3 Å². The molecule has 0 aliphatic heterocycles. The van der Waals surface area contributed by atoms with E-state index in [2.05, 4.69) is 5.32 Å². The van der Waals surface area contributed by atoms with E-state index in [0.717, 1.165) is 0 Å². The van der Waals surface area contributed by atoms with Gasteiger partial charge in [-0.3, -0.25) is 10.1 Å². The SMILES string of the molecule is CCN(CC)C(=O)Nc1ccc([N+](=O)[O-])cc1OC. The smallest absolute Gasteiger partial charge is 0.321 e. The topological polar surface area (TPSA) is 84.7 Å². The van der Waals surface area contributed by atoms with Crippen LogP contribution in [-0.2, 0) is 0 Å². The van der Waals surface area contributed by atoms with Gasteiger partial charge in [-0.25, -0.2) is 4.79 Å². The van der Waals surface area contributed by atoms with E-state index in [1.807, 2.05) is 13.8 Å². The molecule has 0 fully saturated rings. The summed E-state index contributed by atoms with van der Waals surface area (Å²) in [5.74, 6) is 0.259. The van der Waals surface area contributed by atoms with Crippen molar-refractivity contribution in [1.82, 2.24) is 4.90 Å². The number of ether oxygens (including phenoxy) is 1. The molecule has 0 aliphatic carbocycles. The van der Waals surface area contributed by atoms with Crippen LogP contribution in [-0.4, -0.2) is 36.1 Å². The minimum absolute atomic E-state index is 0.0855. The molecule has 0 saturated heterocycles. The predicted octanol–water partition coefficient (Wildman–Crippen LogP) is 2.48. The van der Waals surface area contributed by atoms with E-state index >= 15 is 0 Å². The minimum atomic E-state index is -0.515. The normalized spacial score (nSPS) is 9.84. The average Bonchev–Trinajstić information content (AvgIpc) is 2.40. The second-order valence-corrected chi connectivity index (χ2v) is 3.74. The van der Waals surface area contributed by atoms with Crippen molar-refractivity contribution >= 4 is 17.4 Å². The number of amides is 2. The van der Waals surface area contributed by atoms with E-state index in [0.29, 0.717) is 18.8 Å². The Balaban J connectivity index is 2.95. The van der Waals surface area contributed by atoms with Crippen LogP contribution in [0.4, 0.5) is 16.2 Å². The summed E-state index contributed by atoms with van der Waals surface area (Å²) in [7, 11) is 1.39. The molecule has 0 unspecified atom stereocenters. The van der Waals surface area contributed by atoms with E-state index in [9.17, 15) is 14.9 Å². The molecule has 2 amide bonds. The van der Waals surface area contributed by atoms with Crippen molar-refractivity contribution in [1.29, 1.82) is 0 Å². The fourth-order valence-electron chi connectivity index (χ4n) is 1.60. The van der Waals surface area contributed by atoms with Gasteiger partial charge < -0.3 is 15.0 Å². The van der Waals surface area contributed by atoms with Crippen LogP contribution < -0.4 is 10.1 Å². The number of anilines is 1. The highest BCUT2D eigenvalue weighted by Gasteiger charge is 2.15. The molecule has 1 rings (SSSR count). The molecule has 0 aromatic heterocycles. The third kappa shape index (κ3) is 3.57. The molecule has 0 aliphatic rings. The zero-order chi connectivity index (χ0) is 14.4. The number of carbonyl (C=O) groups excluding carboxylic acids is 1. The molecule has 1 aromatic carbocycles. The number of hydrogen-bond acceptors (Lipinski definition) is 4. The summed E-state index contributed by atoms with van der Waals surface area (Å²) < 4.78 is 5.05. The second kappa shape index (κ2) is 6.58. The largest absolute Gasteiger partial charge is 0.494 e. The summed E-state index contributed by atoms with van der Waals surface area (Å²) >= 11 is 0. The Morgan fingerprint density at radius 2 is 2.05 bits per heavy atom. The molecule has 19 heavy (non-hydrogen) atoms. The van der Waals surface area contributed by atoms with Crippen LogP contribution in [0.1, 0.15) is 13.8 Å². The van der Waals surface area contributed by atoms with Crippen molar-refractivity contribution < 1.29 is 14.5 Å². The molecule has 0 radical (unpaired) electrons. The Morgan fingerprint density at radius 1 is 1.42 bits per heavy atom. The van der Waals surface area contributed by atoms with Gasteiger partial charge in [-0.1, -0.05) is 0 Å². The Bertz CT molecular complexity index is 472. The highest BCUT2D eigenvalue weighted by Crippen LogP contribution is 2.29. The first-order valence-corrected chi connectivity index (χ1v) is 5.91. The number of non-ortho nitro benzene ring substituents is 1. The molecule has 104 valence electrons. The lowest BCUT2D eigenvalue weighted by molar-refractivity contribution is -0.384. The second-order valence-electron chi connectivity index (χ2n) is 3.74. The fraction of sp³-hybridized carbons (Fsp3) is 0.417. The van der Waals surface area contributed by atoms with Gasteiger partial charge in [-0.15, -0.1) is 0 Å². The zero-order valence-electron chi connectivity index (χ0n) is 11.2. The fourth-order valence-corrected chi connectivity index (χ4v) is 1.60. The molecule has 0 saturated carbocycles. The summed E-state index contributed by atoms with van der Waals surface area (Å²) in [6.45, 7) is 4.90. The molecule has 1 aromatic rings. The summed E-state index contributed by atoms with van der Waals surface area (Å²) in [4.78, 5) is 23.6. The van der Waals surface area contributed by atoms with Crippen LogP contribution in [0.15, 0.2) is 18.2 Å². The van der Waals surface area contributed by atoms with Crippen LogP contribution >= 0.6 is 0 Å². The van der Waals surface area contributed by atoms with Crippen LogP contribution in [0, 0.1) is 10.1 Å². The Kier molecular flexibility index (Phi) is 5.11. The standard InChI is InChI=1S/C12H17N3O4/c1-4-14(5-2)12(16)13-10-7-6-9(15(17)18)8-11(10)19-3/h6-8H,4-5H2,1-3H3,(H,13,16). The van der Waals surface area contributed by atoms with Gasteiger partial charge in [0.1, 0.15) is 5.75 Å². The molecular formula is C12H17N3O4. The maximum Gasteiger partial charge on any atom is 0.321 e. The number of benzene rings is 1. The van der Waals surface area contributed by atoms with E-state index in [4.69, 9.17) is 4.74 Å². The van der Waals surface area contributed by atoms with Crippen LogP contribution in [0.3, 0.4) is 0 Å². The average molecular weight is 267 g/mol.